The summed E-state index contributed by atoms with van der Waals surface area (Å²) in [6.45, 7) is 0. The molecule has 2 unspecified atom stereocenters. The topological polar surface area (TPSA) is 90.3 Å². The summed E-state index contributed by atoms with van der Waals surface area (Å²) in [7, 11) is 3.58. The molecular formula is C20H27N3O3. The van der Waals surface area contributed by atoms with Crippen molar-refractivity contribution in [2.75, 3.05) is 19.0 Å². The van der Waals surface area contributed by atoms with E-state index in [4.69, 9.17) is 5.73 Å². The summed E-state index contributed by atoms with van der Waals surface area (Å²) in [6, 6.07) is 5.09. The normalized spacial score (nSPS) is 34.7. The van der Waals surface area contributed by atoms with Crippen molar-refractivity contribution in [2.45, 2.75) is 38.5 Å². The van der Waals surface area contributed by atoms with Crippen LogP contribution < -0.4 is 15.4 Å². The molecule has 0 aliphatic heterocycles. The lowest BCUT2D eigenvalue weighted by Crippen LogP contribution is -2.56. The maximum Gasteiger partial charge on any atom is 0.279 e. The second-order valence-electron chi connectivity index (χ2n) is 8.86. The average Bonchev–Trinajstić information content (AvgIpc) is 2.57. The van der Waals surface area contributed by atoms with E-state index in [1.165, 1.54) is 0 Å². The van der Waals surface area contributed by atoms with E-state index in [0.717, 1.165) is 36.8 Å². The Balaban J connectivity index is 1.55. The Kier molecular flexibility index (Phi) is 3.97. The summed E-state index contributed by atoms with van der Waals surface area (Å²) in [6.07, 6.45) is 5.17. The van der Waals surface area contributed by atoms with Crippen molar-refractivity contribution in [3.05, 3.63) is 29.1 Å². The molecule has 1 amide bonds. The second kappa shape index (κ2) is 5.96. The highest BCUT2D eigenvalue weighted by atomic mass is 16.5. The highest BCUT2D eigenvalue weighted by Gasteiger charge is 2.57. The highest BCUT2D eigenvalue weighted by molar-refractivity contribution is 5.93. The standard InChI is InChI=1S/C20H27N3O3/c1-22(2)18-5-3-4-16(23(18)26)17(24)8-15-13-6-12-7-14(15)11-20(9-12,10-13)19(21)25/h3-5,12-15H,6-11H2,1-2H3,(H2,21,25). The van der Waals surface area contributed by atoms with Crippen LogP contribution in [0.15, 0.2) is 18.2 Å². The number of carbonyl (C=O) groups is 2. The number of primary amides is 1. The van der Waals surface area contributed by atoms with E-state index in [1.54, 1.807) is 37.2 Å². The fraction of sp³-hybridized carbons (Fsp3) is 0.650. The molecule has 2 N–H and O–H groups in total. The fourth-order valence-electron chi connectivity index (χ4n) is 6.10. The third-order valence-electron chi connectivity index (χ3n) is 7.08. The van der Waals surface area contributed by atoms with Crippen molar-refractivity contribution >= 4 is 17.5 Å². The Morgan fingerprint density at radius 2 is 1.88 bits per heavy atom. The van der Waals surface area contributed by atoms with Gasteiger partial charge in [-0.1, -0.05) is 0 Å². The van der Waals surface area contributed by atoms with Gasteiger partial charge in [-0.05, 0) is 67.9 Å². The molecule has 5 rings (SSSR count). The lowest BCUT2D eigenvalue weighted by molar-refractivity contribution is -0.594. The van der Waals surface area contributed by atoms with Gasteiger partial charge >= 0.3 is 0 Å². The molecule has 0 spiro atoms. The van der Waals surface area contributed by atoms with Crippen LogP contribution in [0.3, 0.4) is 0 Å². The quantitative estimate of drug-likeness (QED) is 0.495. The molecule has 6 nitrogen and oxygen atoms in total. The Labute approximate surface area is 153 Å². The molecule has 1 aromatic heterocycles. The Hall–Kier alpha value is -2.11. The monoisotopic (exact) mass is 357 g/mol. The number of hydrogen-bond acceptors (Lipinski definition) is 4. The molecule has 4 aliphatic rings. The third-order valence-corrected chi connectivity index (χ3v) is 7.08. The third kappa shape index (κ3) is 2.58. The van der Waals surface area contributed by atoms with Crippen LogP contribution in [0, 0.1) is 34.3 Å². The lowest BCUT2D eigenvalue weighted by atomic mass is 9.45. The van der Waals surface area contributed by atoms with E-state index in [-0.39, 0.29) is 28.7 Å². The van der Waals surface area contributed by atoms with Gasteiger partial charge in [0.15, 0.2) is 5.69 Å². The molecule has 0 radical (unpaired) electrons. The van der Waals surface area contributed by atoms with Crippen molar-refractivity contribution < 1.29 is 14.3 Å². The summed E-state index contributed by atoms with van der Waals surface area (Å²) in [5.41, 5.74) is 5.62. The smallest absolute Gasteiger partial charge is 0.279 e. The maximum absolute atomic E-state index is 12.9. The number of nitrogens with zero attached hydrogens (tertiary/aromatic N) is 2. The molecule has 4 bridgehead atoms. The van der Waals surface area contributed by atoms with Gasteiger partial charge in [0.2, 0.25) is 11.7 Å². The molecular weight excluding hydrogens is 330 g/mol. The van der Waals surface area contributed by atoms with Gasteiger partial charge in [-0.15, -0.1) is 0 Å². The van der Waals surface area contributed by atoms with Gasteiger partial charge in [0.05, 0.1) is 14.1 Å². The number of amides is 1. The predicted molar refractivity (Wildman–Crippen MR) is 97.3 cm³/mol. The van der Waals surface area contributed by atoms with Gasteiger partial charge in [-0.3, -0.25) is 14.5 Å². The number of ketones is 1. The molecule has 0 aromatic carbocycles. The van der Waals surface area contributed by atoms with Gasteiger partial charge in [0, 0.05) is 17.9 Å². The van der Waals surface area contributed by atoms with E-state index in [2.05, 4.69) is 0 Å². The minimum atomic E-state index is -0.334. The van der Waals surface area contributed by atoms with Gasteiger partial charge in [-0.25, -0.2) is 4.73 Å². The average molecular weight is 357 g/mol. The highest BCUT2D eigenvalue weighted by Crippen LogP contribution is 2.62. The minimum Gasteiger partial charge on any atom is -0.710 e. The molecule has 1 heterocycles. The van der Waals surface area contributed by atoms with Crippen LogP contribution in [0.1, 0.15) is 49.0 Å². The first-order chi connectivity index (χ1) is 12.3. The Morgan fingerprint density at radius 1 is 1.23 bits per heavy atom. The lowest BCUT2D eigenvalue weighted by Gasteiger charge is -2.58. The first kappa shape index (κ1) is 17.3. The molecule has 140 valence electrons. The summed E-state index contributed by atoms with van der Waals surface area (Å²) >= 11 is 0. The molecule has 4 fully saturated rings. The zero-order valence-corrected chi connectivity index (χ0v) is 15.5. The summed E-state index contributed by atoms with van der Waals surface area (Å²) in [5, 5.41) is 12.5. The predicted octanol–water partition coefficient (Wildman–Crippen LogP) is 1.89. The van der Waals surface area contributed by atoms with Crippen LogP contribution in [-0.4, -0.2) is 25.8 Å². The number of pyridine rings is 1. The Morgan fingerprint density at radius 3 is 2.46 bits per heavy atom. The molecule has 26 heavy (non-hydrogen) atoms. The van der Waals surface area contributed by atoms with Crippen molar-refractivity contribution in [2.24, 2.45) is 34.8 Å². The Bertz CT molecular complexity index is 745. The van der Waals surface area contributed by atoms with Crippen molar-refractivity contribution in [3.8, 4) is 0 Å². The van der Waals surface area contributed by atoms with Gasteiger partial charge in [-0.2, -0.15) is 0 Å². The van der Waals surface area contributed by atoms with E-state index in [1.807, 2.05) is 0 Å². The zero-order valence-electron chi connectivity index (χ0n) is 15.5. The maximum atomic E-state index is 12.9. The van der Waals surface area contributed by atoms with Crippen LogP contribution in [0.5, 0.6) is 0 Å². The largest absolute Gasteiger partial charge is 0.710 e. The van der Waals surface area contributed by atoms with Crippen LogP contribution in [0.4, 0.5) is 5.82 Å². The molecule has 0 saturated heterocycles. The fourth-order valence-corrected chi connectivity index (χ4v) is 6.10. The molecule has 4 saturated carbocycles. The van der Waals surface area contributed by atoms with Crippen molar-refractivity contribution in [1.82, 2.24) is 0 Å². The first-order valence-corrected chi connectivity index (χ1v) is 9.54. The van der Waals surface area contributed by atoms with Crippen LogP contribution >= 0.6 is 0 Å². The summed E-state index contributed by atoms with van der Waals surface area (Å²) < 4.78 is 0.739. The van der Waals surface area contributed by atoms with Crippen LogP contribution in [0.2, 0.25) is 0 Å². The number of anilines is 1. The number of hydrogen-bond donors (Lipinski definition) is 1. The first-order valence-electron chi connectivity index (χ1n) is 9.54. The van der Waals surface area contributed by atoms with Crippen LogP contribution in [0.25, 0.3) is 0 Å². The van der Waals surface area contributed by atoms with Gasteiger partial charge in [0.25, 0.3) is 5.82 Å². The summed E-state index contributed by atoms with van der Waals surface area (Å²) in [5.74, 6) is 1.84. The molecule has 4 aliphatic carbocycles. The second-order valence-corrected chi connectivity index (χ2v) is 8.86. The van der Waals surface area contributed by atoms with Crippen molar-refractivity contribution in [1.29, 1.82) is 0 Å². The number of Topliss-reactive ketones (excluding diaryl/α,β-unsaturated/α-hetero) is 1. The van der Waals surface area contributed by atoms with Gasteiger partial charge in [0.1, 0.15) is 0 Å². The SMILES string of the molecule is CN(C)c1cccc(C(=O)CC2C3CC4CC2CC(C(N)=O)(C4)C3)[n+]1[O-]. The van der Waals surface area contributed by atoms with E-state index >= 15 is 0 Å². The van der Waals surface area contributed by atoms with E-state index < -0.39 is 0 Å². The molecule has 1 aromatic rings. The number of carbonyl (C=O) groups excluding carboxylic acids is 2. The number of nitrogens with two attached hydrogens (primary N) is 1. The zero-order chi connectivity index (χ0) is 18.6. The van der Waals surface area contributed by atoms with E-state index in [0.29, 0.717) is 30.0 Å². The van der Waals surface area contributed by atoms with Crippen LogP contribution in [-0.2, 0) is 4.79 Å². The molecule has 2 atom stereocenters. The van der Waals surface area contributed by atoms with Crippen molar-refractivity contribution in [3.63, 3.8) is 0 Å². The minimum absolute atomic E-state index is 0.0886. The number of aromatic nitrogens is 1. The summed E-state index contributed by atoms with van der Waals surface area (Å²) in [4.78, 5) is 26.7. The van der Waals surface area contributed by atoms with E-state index in [9.17, 15) is 14.8 Å². The number of rotatable bonds is 5. The van der Waals surface area contributed by atoms with Gasteiger partial charge < -0.3 is 10.9 Å². The molecule has 6 heteroatoms.